The molecule has 2 aromatic rings. The first-order chi connectivity index (χ1) is 32.8. The molecule has 5 heterocycles. The molecule has 0 spiro atoms. The molecule has 20 nitrogen and oxygen atoms in total. The van der Waals surface area contributed by atoms with Crippen molar-refractivity contribution in [2.24, 2.45) is 0 Å². The molecule has 5 aliphatic heterocycles. The van der Waals surface area contributed by atoms with Crippen LogP contribution in [0.4, 0.5) is 0 Å². The molecular formula is C49H64O20. The first kappa shape index (κ1) is 50.3. The van der Waals surface area contributed by atoms with E-state index in [1.807, 2.05) is 6.92 Å². The van der Waals surface area contributed by atoms with Crippen molar-refractivity contribution in [3.63, 3.8) is 0 Å². The summed E-state index contributed by atoms with van der Waals surface area (Å²) < 4.78 is 61.2. The lowest BCUT2D eigenvalue weighted by Gasteiger charge is -2.45. The number of aromatic hydroxyl groups is 2. The van der Waals surface area contributed by atoms with Crippen LogP contribution in [0.25, 0.3) is 5.57 Å². The van der Waals surface area contributed by atoms with Crippen molar-refractivity contribution in [1.82, 2.24) is 0 Å². The van der Waals surface area contributed by atoms with Gasteiger partial charge in [0, 0.05) is 55.2 Å². The lowest BCUT2D eigenvalue weighted by Crippen LogP contribution is -2.56. The van der Waals surface area contributed by atoms with E-state index < -0.39 is 140 Å². The standard InChI is InChI=1S/C49H64O20/c1-18-11-24-13-27(52)41-43(39(24)26(51)12-18)47(59)40-25(50)7-8-32(42(40)46(41)58)66-36-16-30(55)49(23(6)64-36)69-38-17-33(45(57)21(4)62-38)67-34-10-9-31(19(2)60-34)65-35-15-29(54)48(22(5)63-35)68-37-14-28(53)44(56)20(3)61-37/h7-8,11-12,19-23,27-31,33-38,44-45,48-57H,9-10,13-17H2,1-6H3/t19-,20-,21+,22+,23-,27-,28-,29+,30-,31+,33+,34+,35-,36+,37+,38-,44+,45-,48+,49-/m1/s1. The molecule has 20 atom stereocenters. The van der Waals surface area contributed by atoms with E-state index in [-0.39, 0.29) is 71.4 Å². The van der Waals surface area contributed by atoms with Crippen molar-refractivity contribution in [1.29, 1.82) is 0 Å². The van der Waals surface area contributed by atoms with Gasteiger partial charge in [-0.3, -0.25) is 9.59 Å². The SMILES string of the molecule is Cc1cc(O)c2c(c1)C[C@@H](O)C1=C2C(=O)c2c(O)ccc(O[C@H]3C[C@@H](O)[C@H](O[C@@H]4C[C@H](O[C@H]5CC[C@H](O[C@@H]6C[C@H](O)[C@@H](O[C@H]7C[C@@H](O)[C@@H](O)[C@@H](C)O7)[C@H](C)O6)[C@@H](C)O5)[C@H](O)[C@H](C)O4)[C@@H](C)O3)c2C1=O. The average molecular weight is 973 g/mol. The molecular weight excluding hydrogens is 909 g/mol. The molecule has 69 heavy (non-hydrogen) atoms. The van der Waals surface area contributed by atoms with Gasteiger partial charge in [0.2, 0.25) is 6.29 Å². The summed E-state index contributed by atoms with van der Waals surface area (Å²) in [5.74, 6) is -2.35. The fourth-order valence-corrected chi connectivity index (χ4v) is 10.8. The maximum absolute atomic E-state index is 14.2. The number of rotatable bonds is 10. The summed E-state index contributed by atoms with van der Waals surface area (Å²) in [7, 11) is 0. The van der Waals surface area contributed by atoms with E-state index in [0.717, 1.165) is 0 Å². The second-order valence-corrected chi connectivity index (χ2v) is 19.5. The minimum Gasteiger partial charge on any atom is -0.507 e. The monoisotopic (exact) mass is 972 g/mol. The van der Waals surface area contributed by atoms with Crippen molar-refractivity contribution >= 4 is 17.1 Å². The van der Waals surface area contributed by atoms with Crippen LogP contribution in [0.2, 0.25) is 0 Å². The summed E-state index contributed by atoms with van der Waals surface area (Å²) in [6.07, 6.45) is -16.0. The highest BCUT2D eigenvalue weighted by Gasteiger charge is 2.48. The van der Waals surface area contributed by atoms with E-state index in [2.05, 4.69) is 0 Å². The number of aliphatic hydroxyl groups is 6. The first-order valence-electron chi connectivity index (χ1n) is 23.9. The Morgan fingerprint density at radius 3 is 1.75 bits per heavy atom. The number of hydrogen-bond donors (Lipinski definition) is 8. The Balaban J connectivity index is 0.778. The Morgan fingerprint density at radius 1 is 0.536 bits per heavy atom. The molecule has 5 saturated heterocycles. The van der Waals surface area contributed by atoms with Gasteiger partial charge in [-0.2, -0.15) is 0 Å². The number of phenols is 2. The molecule has 0 saturated carbocycles. The van der Waals surface area contributed by atoms with Crippen LogP contribution < -0.4 is 4.74 Å². The van der Waals surface area contributed by atoms with Gasteiger partial charge < -0.3 is 88.2 Å². The van der Waals surface area contributed by atoms with E-state index in [1.165, 1.54) is 18.2 Å². The van der Waals surface area contributed by atoms with Crippen LogP contribution in [-0.2, 0) is 49.1 Å². The lowest BCUT2D eigenvalue weighted by molar-refractivity contribution is -0.336. The van der Waals surface area contributed by atoms with Crippen LogP contribution in [0.15, 0.2) is 29.8 Å². The van der Waals surface area contributed by atoms with Crippen LogP contribution in [-0.4, -0.2) is 175 Å². The summed E-state index contributed by atoms with van der Waals surface area (Å²) in [6, 6.07) is 5.70. The van der Waals surface area contributed by atoms with Gasteiger partial charge in [-0.15, -0.1) is 0 Å². The highest BCUT2D eigenvalue weighted by molar-refractivity contribution is 6.42. The molecule has 9 rings (SSSR count). The van der Waals surface area contributed by atoms with E-state index in [4.69, 9.17) is 47.4 Å². The summed E-state index contributed by atoms with van der Waals surface area (Å²) in [5.41, 5.74) is 0.314. The maximum atomic E-state index is 14.2. The second kappa shape index (κ2) is 20.1. The number of aliphatic hydroxyl groups excluding tert-OH is 6. The molecule has 5 fully saturated rings. The van der Waals surface area contributed by atoms with E-state index >= 15 is 0 Å². The molecule has 0 bridgehead atoms. The van der Waals surface area contributed by atoms with Gasteiger partial charge in [-0.25, -0.2) is 0 Å². The van der Waals surface area contributed by atoms with Gasteiger partial charge in [-0.05, 0) is 77.3 Å². The van der Waals surface area contributed by atoms with Crippen LogP contribution in [0.1, 0.15) is 111 Å². The van der Waals surface area contributed by atoms with E-state index in [0.29, 0.717) is 24.0 Å². The summed E-state index contributed by atoms with van der Waals surface area (Å²) >= 11 is 0. The van der Waals surface area contributed by atoms with Crippen LogP contribution in [0.3, 0.4) is 0 Å². The highest BCUT2D eigenvalue weighted by atomic mass is 16.8. The van der Waals surface area contributed by atoms with Crippen molar-refractivity contribution in [2.45, 2.75) is 209 Å². The molecule has 0 aromatic heterocycles. The lowest BCUT2D eigenvalue weighted by atomic mass is 9.72. The third-order valence-electron chi connectivity index (χ3n) is 14.4. The molecule has 0 radical (unpaired) electrons. The van der Waals surface area contributed by atoms with Crippen molar-refractivity contribution in [2.75, 3.05) is 0 Å². The molecule has 2 aromatic carbocycles. The van der Waals surface area contributed by atoms with Crippen molar-refractivity contribution in [3.8, 4) is 17.2 Å². The third kappa shape index (κ3) is 9.97. The third-order valence-corrected chi connectivity index (χ3v) is 14.4. The van der Waals surface area contributed by atoms with Gasteiger partial charge in [0.25, 0.3) is 0 Å². The Kier molecular flexibility index (Phi) is 14.6. The van der Waals surface area contributed by atoms with Crippen LogP contribution >= 0.6 is 0 Å². The zero-order valence-corrected chi connectivity index (χ0v) is 39.3. The van der Waals surface area contributed by atoms with E-state index in [1.54, 1.807) is 40.7 Å². The number of benzene rings is 2. The average Bonchev–Trinajstić information content (AvgIpc) is 3.27. The molecule has 2 aliphatic carbocycles. The van der Waals surface area contributed by atoms with Gasteiger partial charge in [0.15, 0.2) is 36.7 Å². The fraction of sp³-hybridized carbons (Fsp3) is 0.673. The summed E-state index contributed by atoms with van der Waals surface area (Å²) in [6.45, 7) is 10.3. The van der Waals surface area contributed by atoms with Gasteiger partial charge in [-0.1, -0.05) is 6.07 Å². The fourth-order valence-electron chi connectivity index (χ4n) is 10.8. The number of allylic oxidation sites excluding steroid dienone is 1. The number of carbonyl (C=O) groups excluding carboxylic acids is 2. The molecule has 380 valence electrons. The normalized spacial score (nSPS) is 41.6. The Labute approximate surface area is 398 Å². The highest BCUT2D eigenvalue weighted by Crippen LogP contribution is 2.48. The molecule has 0 unspecified atom stereocenters. The van der Waals surface area contributed by atoms with Gasteiger partial charge in [0.05, 0.1) is 78.3 Å². The largest absolute Gasteiger partial charge is 0.507 e. The predicted molar refractivity (Wildman–Crippen MR) is 236 cm³/mol. The van der Waals surface area contributed by atoms with E-state index in [9.17, 15) is 50.4 Å². The van der Waals surface area contributed by atoms with Crippen molar-refractivity contribution in [3.05, 3.63) is 57.7 Å². The Hall–Kier alpha value is -3.68. The Morgan fingerprint density at radius 2 is 1.10 bits per heavy atom. The zero-order valence-electron chi connectivity index (χ0n) is 39.3. The number of hydrogen-bond acceptors (Lipinski definition) is 20. The number of aryl methyl sites for hydroxylation is 1. The zero-order chi connectivity index (χ0) is 49.3. The molecule has 0 amide bonds. The number of ether oxygens (including phenoxy) is 10. The molecule has 8 N–H and O–H groups in total. The van der Waals surface area contributed by atoms with Crippen LogP contribution in [0, 0.1) is 6.92 Å². The summed E-state index contributed by atoms with van der Waals surface area (Å²) in [4.78, 5) is 28.3. The summed E-state index contributed by atoms with van der Waals surface area (Å²) in [5, 5.41) is 86.8. The van der Waals surface area contributed by atoms with Gasteiger partial charge in [0.1, 0.15) is 41.7 Å². The minimum absolute atomic E-state index is 0.0232. The van der Waals surface area contributed by atoms with Crippen LogP contribution in [0.5, 0.6) is 17.2 Å². The number of carbonyl (C=O) groups is 2. The topological polar surface area (TPSA) is 288 Å². The minimum atomic E-state index is -1.37. The number of Topliss-reactive ketones (excluding diaryl/α,β-unsaturated/α-hetero) is 2. The number of phenolic OH excluding ortho intramolecular Hbond substituents is 2. The van der Waals surface area contributed by atoms with Gasteiger partial charge >= 0.3 is 0 Å². The smallest absolute Gasteiger partial charge is 0.202 e. The quantitative estimate of drug-likeness (QED) is 0.169. The maximum Gasteiger partial charge on any atom is 0.202 e. The van der Waals surface area contributed by atoms with Crippen molar-refractivity contribution < 1.29 is 97.8 Å². The predicted octanol–water partition coefficient (Wildman–Crippen LogP) is 1.94. The number of ketones is 2. The molecule has 20 heteroatoms. The molecule has 7 aliphatic rings. The Bertz CT molecular complexity index is 2230. The second-order valence-electron chi connectivity index (χ2n) is 19.5. The number of fused-ring (bicyclic) bond motifs is 3. The first-order valence-corrected chi connectivity index (χ1v) is 23.9.